The van der Waals surface area contributed by atoms with E-state index in [4.69, 9.17) is 17.0 Å². The third kappa shape index (κ3) is 5.74. The average molecular weight is 335 g/mol. The van der Waals surface area contributed by atoms with Crippen LogP contribution in [0.15, 0.2) is 30.6 Å². The quantitative estimate of drug-likeness (QED) is 0.703. The van der Waals surface area contributed by atoms with Gasteiger partial charge in [-0.05, 0) is 50.7 Å². The predicted molar refractivity (Wildman–Crippen MR) is 90.3 cm³/mol. The van der Waals surface area contributed by atoms with Gasteiger partial charge in [-0.25, -0.2) is 4.68 Å². The van der Waals surface area contributed by atoms with Crippen LogP contribution >= 0.6 is 12.2 Å². The smallest absolute Gasteiger partial charge is 0.258 e. The summed E-state index contributed by atoms with van der Waals surface area (Å²) in [6.45, 7) is 6.38. The summed E-state index contributed by atoms with van der Waals surface area (Å²) in [5.41, 5.74) is 3.91. The van der Waals surface area contributed by atoms with Crippen LogP contribution in [0.25, 0.3) is 0 Å². The molecule has 124 valence electrons. The molecule has 0 saturated heterocycles. The molecule has 0 unspecified atom stereocenters. The number of carbonyl (C=O) groups excluding carboxylic acids is 1. The van der Waals surface area contributed by atoms with E-state index in [1.54, 1.807) is 11.0 Å². The number of aromatic nitrogens is 3. The summed E-state index contributed by atoms with van der Waals surface area (Å²) >= 11 is 5.04. The van der Waals surface area contributed by atoms with Crippen molar-refractivity contribution >= 4 is 18.1 Å². The first-order valence-corrected chi connectivity index (χ1v) is 7.63. The zero-order valence-corrected chi connectivity index (χ0v) is 14.2. The lowest BCUT2D eigenvalue weighted by molar-refractivity contribution is -0.124. The number of amides is 1. The molecule has 0 spiro atoms. The van der Waals surface area contributed by atoms with E-state index in [-0.39, 0.29) is 18.1 Å². The Morgan fingerprint density at radius 2 is 2.04 bits per heavy atom. The largest absolute Gasteiger partial charge is 0.484 e. The summed E-state index contributed by atoms with van der Waals surface area (Å²) in [5, 5.41) is 9.34. The molecule has 1 amide bonds. The standard InChI is InChI=1S/C15H21N5O2S/c1-15(2,3)18-13(21)9-22-12-6-4-11(5-7-12)8-17-20-10-16-19-14(20)23/h4-7,10,17H,8-9H2,1-3H3,(H,18,21)(H,19,23). The van der Waals surface area contributed by atoms with Gasteiger partial charge in [0, 0.05) is 5.54 Å². The molecule has 0 fully saturated rings. The Kier molecular flexibility index (Phi) is 5.38. The molecule has 7 nitrogen and oxygen atoms in total. The number of hydrogen-bond donors (Lipinski definition) is 3. The maximum atomic E-state index is 11.7. The van der Waals surface area contributed by atoms with Crippen LogP contribution in [0.3, 0.4) is 0 Å². The van der Waals surface area contributed by atoms with Gasteiger partial charge in [0.05, 0.1) is 6.54 Å². The van der Waals surface area contributed by atoms with Crippen molar-refractivity contribution in [1.29, 1.82) is 0 Å². The van der Waals surface area contributed by atoms with Gasteiger partial charge < -0.3 is 15.5 Å². The third-order valence-electron chi connectivity index (χ3n) is 2.81. The Bertz CT molecular complexity index is 700. The maximum Gasteiger partial charge on any atom is 0.258 e. The molecule has 1 aromatic carbocycles. The Morgan fingerprint density at radius 3 is 2.61 bits per heavy atom. The third-order valence-corrected chi connectivity index (χ3v) is 3.10. The van der Waals surface area contributed by atoms with E-state index in [1.165, 1.54) is 0 Å². The first kappa shape index (κ1) is 17.0. The molecule has 23 heavy (non-hydrogen) atoms. The normalized spacial score (nSPS) is 11.1. The lowest BCUT2D eigenvalue weighted by Gasteiger charge is -2.20. The summed E-state index contributed by atoms with van der Waals surface area (Å²) in [5.74, 6) is 0.510. The van der Waals surface area contributed by atoms with Crippen molar-refractivity contribution in [3.8, 4) is 5.75 Å². The van der Waals surface area contributed by atoms with E-state index in [0.717, 1.165) is 5.56 Å². The molecule has 2 aromatic rings. The van der Waals surface area contributed by atoms with Crippen LogP contribution in [0.5, 0.6) is 5.75 Å². The van der Waals surface area contributed by atoms with Crippen LogP contribution in [-0.2, 0) is 11.3 Å². The molecule has 0 atom stereocenters. The molecule has 3 N–H and O–H groups in total. The zero-order valence-electron chi connectivity index (χ0n) is 13.4. The molecule has 0 bridgehead atoms. The Hall–Kier alpha value is -2.35. The van der Waals surface area contributed by atoms with E-state index < -0.39 is 0 Å². The second-order valence-corrected chi connectivity index (χ2v) is 6.48. The van der Waals surface area contributed by atoms with E-state index >= 15 is 0 Å². The minimum Gasteiger partial charge on any atom is -0.484 e. The number of hydrogen-bond acceptors (Lipinski definition) is 5. The van der Waals surface area contributed by atoms with Crippen LogP contribution in [0.1, 0.15) is 26.3 Å². The molecule has 2 rings (SSSR count). The Labute approximate surface area is 140 Å². The van der Waals surface area contributed by atoms with Gasteiger partial charge >= 0.3 is 0 Å². The number of H-pyrrole nitrogens is 1. The number of rotatable bonds is 6. The van der Waals surface area contributed by atoms with Gasteiger partial charge in [-0.3, -0.25) is 9.89 Å². The fourth-order valence-electron chi connectivity index (χ4n) is 1.84. The lowest BCUT2D eigenvalue weighted by Crippen LogP contribution is -2.43. The first-order chi connectivity index (χ1) is 10.8. The van der Waals surface area contributed by atoms with E-state index in [1.807, 2.05) is 45.0 Å². The first-order valence-electron chi connectivity index (χ1n) is 7.22. The van der Waals surface area contributed by atoms with Gasteiger partial charge in [-0.2, -0.15) is 5.10 Å². The van der Waals surface area contributed by atoms with Crippen molar-refractivity contribution < 1.29 is 9.53 Å². The van der Waals surface area contributed by atoms with Crippen molar-refractivity contribution in [2.45, 2.75) is 32.9 Å². The van der Waals surface area contributed by atoms with Gasteiger partial charge in [-0.15, -0.1) is 0 Å². The minimum absolute atomic E-state index is 0.000944. The molecular formula is C15H21N5O2S. The fraction of sp³-hybridized carbons (Fsp3) is 0.400. The molecule has 1 aromatic heterocycles. The molecular weight excluding hydrogens is 314 g/mol. The summed E-state index contributed by atoms with van der Waals surface area (Å²) < 4.78 is 7.61. The number of nitrogens with zero attached hydrogens (tertiary/aromatic N) is 2. The second kappa shape index (κ2) is 7.28. The van der Waals surface area contributed by atoms with Crippen molar-refractivity contribution in [2.75, 3.05) is 12.0 Å². The van der Waals surface area contributed by atoms with Gasteiger partial charge in [0.1, 0.15) is 12.1 Å². The molecule has 0 saturated carbocycles. The molecule has 0 aliphatic carbocycles. The van der Waals surface area contributed by atoms with Gasteiger partial charge in [-0.1, -0.05) is 12.1 Å². The summed E-state index contributed by atoms with van der Waals surface area (Å²) in [6, 6.07) is 7.51. The van der Waals surface area contributed by atoms with E-state index in [2.05, 4.69) is 20.9 Å². The summed E-state index contributed by atoms with van der Waals surface area (Å²) in [4.78, 5) is 11.7. The minimum atomic E-state index is -0.260. The van der Waals surface area contributed by atoms with Crippen molar-refractivity contribution in [3.63, 3.8) is 0 Å². The fourth-order valence-corrected chi connectivity index (χ4v) is 2.01. The Morgan fingerprint density at radius 1 is 1.35 bits per heavy atom. The highest BCUT2D eigenvalue weighted by Crippen LogP contribution is 2.12. The average Bonchev–Trinajstić information content (AvgIpc) is 2.87. The number of nitrogens with one attached hydrogen (secondary N) is 3. The topological polar surface area (TPSA) is 84.0 Å². The van der Waals surface area contributed by atoms with Crippen LogP contribution in [0.2, 0.25) is 0 Å². The monoisotopic (exact) mass is 335 g/mol. The highest BCUT2D eigenvalue weighted by Gasteiger charge is 2.13. The summed E-state index contributed by atoms with van der Waals surface area (Å²) in [6.07, 6.45) is 1.58. The second-order valence-electron chi connectivity index (χ2n) is 6.10. The van der Waals surface area contributed by atoms with Gasteiger partial charge in [0.25, 0.3) is 5.91 Å². The number of benzene rings is 1. The number of carbonyl (C=O) groups is 1. The highest BCUT2D eigenvalue weighted by molar-refractivity contribution is 7.71. The van der Waals surface area contributed by atoms with Gasteiger partial charge in [0.15, 0.2) is 6.61 Å². The van der Waals surface area contributed by atoms with Crippen molar-refractivity contribution in [1.82, 2.24) is 20.2 Å². The molecule has 1 heterocycles. The van der Waals surface area contributed by atoms with E-state index in [0.29, 0.717) is 17.1 Å². The highest BCUT2D eigenvalue weighted by atomic mass is 32.1. The number of ether oxygens (including phenoxy) is 1. The molecule has 8 heteroatoms. The van der Waals surface area contributed by atoms with Crippen molar-refractivity contribution in [3.05, 3.63) is 40.9 Å². The number of aromatic amines is 1. The molecule has 0 aliphatic rings. The predicted octanol–water partition coefficient (Wildman–Crippen LogP) is 1.98. The molecule has 0 radical (unpaired) electrons. The van der Waals surface area contributed by atoms with Crippen LogP contribution in [0.4, 0.5) is 0 Å². The Balaban J connectivity index is 1.81. The zero-order chi connectivity index (χ0) is 16.9. The molecule has 0 aliphatic heterocycles. The lowest BCUT2D eigenvalue weighted by atomic mass is 10.1. The van der Waals surface area contributed by atoms with Crippen LogP contribution in [0, 0.1) is 4.77 Å². The maximum absolute atomic E-state index is 11.7. The van der Waals surface area contributed by atoms with Gasteiger partial charge in [0.2, 0.25) is 4.77 Å². The van der Waals surface area contributed by atoms with Crippen LogP contribution < -0.4 is 15.5 Å². The SMILES string of the molecule is CC(C)(C)NC(=O)COc1ccc(CNn2cn[nH]c2=S)cc1. The summed E-state index contributed by atoms with van der Waals surface area (Å²) in [7, 11) is 0. The van der Waals surface area contributed by atoms with Crippen molar-refractivity contribution in [2.24, 2.45) is 0 Å². The van der Waals surface area contributed by atoms with E-state index in [9.17, 15) is 4.79 Å². The van der Waals surface area contributed by atoms with Crippen LogP contribution in [-0.4, -0.2) is 32.9 Å².